The van der Waals surface area contributed by atoms with Gasteiger partial charge >= 0.3 is 0 Å². The van der Waals surface area contributed by atoms with Crippen LogP contribution < -0.4 is 21.1 Å². The van der Waals surface area contributed by atoms with Crippen molar-refractivity contribution in [2.45, 2.75) is 19.5 Å². The van der Waals surface area contributed by atoms with Crippen LogP contribution in [0.1, 0.15) is 34.8 Å². The van der Waals surface area contributed by atoms with Gasteiger partial charge in [0, 0.05) is 7.05 Å². The lowest BCUT2D eigenvalue weighted by molar-refractivity contribution is 0.0972. The molecule has 1 unspecified atom stereocenters. The number of hydrogen-bond donors (Lipinski definition) is 3. The molecule has 1 atom stereocenters. The summed E-state index contributed by atoms with van der Waals surface area (Å²) in [6.07, 6.45) is 0. The smallest absolute Gasteiger partial charge is 0.284 e. The number of halogens is 1. The summed E-state index contributed by atoms with van der Waals surface area (Å²) in [5.41, 5.74) is 5.89. The van der Waals surface area contributed by atoms with E-state index in [1.807, 2.05) is 6.92 Å². The predicted octanol–water partition coefficient (Wildman–Crippen LogP) is 1.95. The van der Waals surface area contributed by atoms with Gasteiger partial charge in [0.15, 0.2) is 23.3 Å². The number of nitrogens with zero attached hydrogens (tertiary/aromatic N) is 1. The molecule has 2 aromatic rings. The predicted molar refractivity (Wildman–Crippen MR) is 91.9 cm³/mol. The Kier molecular flexibility index (Phi) is 5.99. The van der Waals surface area contributed by atoms with E-state index in [0.717, 1.165) is 5.56 Å². The van der Waals surface area contributed by atoms with Crippen LogP contribution >= 0.6 is 0 Å². The summed E-state index contributed by atoms with van der Waals surface area (Å²) in [7, 11) is 3.04. The summed E-state index contributed by atoms with van der Waals surface area (Å²) >= 11 is 0. The van der Waals surface area contributed by atoms with Gasteiger partial charge in [0.25, 0.3) is 5.91 Å². The Balaban J connectivity index is 1.96. The molecule has 0 radical (unpaired) electrons. The molecule has 8 heteroatoms. The first-order chi connectivity index (χ1) is 11.9. The molecule has 134 valence electrons. The van der Waals surface area contributed by atoms with E-state index in [4.69, 9.17) is 14.9 Å². The molecule has 0 aliphatic heterocycles. The van der Waals surface area contributed by atoms with Crippen molar-refractivity contribution >= 4 is 11.9 Å². The minimum Gasteiger partial charge on any atom is -0.494 e. The molecule has 0 aliphatic carbocycles. The van der Waals surface area contributed by atoms with Crippen molar-refractivity contribution in [2.75, 3.05) is 14.2 Å². The van der Waals surface area contributed by atoms with E-state index in [9.17, 15) is 9.18 Å². The number of amides is 1. The van der Waals surface area contributed by atoms with E-state index >= 15 is 0 Å². The molecule has 0 spiro atoms. The largest absolute Gasteiger partial charge is 0.494 e. The van der Waals surface area contributed by atoms with Gasteiger partial charge in [-0.05, 0) is 36.8 Å². The van der Waals surface area contributed by atoms with Crippen molar-refractivity contribution in [3.8, 4) is 5.75 Å². The highest BCUT2D eigenvalue weighted by atomic mass is 19.1. The number of ether oxygens (including phenoxy) is 1. The molecule has 0 saturated heterocycles. The molecule has 0 fully saturated rings. The van der Waals surface area contributed by atoms with E-state index < -0.39 is 11.7 Å². The number of carbonyl (C=O) groups excluding carboxylic acids is 1. The lowest BCUT2D eigenvalue weighted by atomic mass is 10.1. The first kappa shape index (κ1) is 18.3. The topological polar surface area (TPSA) is 102 Å². The third-order valence-electron chi connectivity index (χ3n) is 3.59. The van der Waals surface area contributed by atoms with Crippen molar-refractivity contribution in [2.24, 2.45) is 10.7 Å². The van der Waals surface area contributed by atoms with Crippen LogP contribution in [0.3, 0.4) is 0 Å². The number of guanidine groups is 1. The zero-order chi connectivity index (χ0) is 18.4. The number of methoxy groups -OCH3 is 1. The number of primary amides is 1. The fourth-order valence-electron chi connectivity index (χ4n) is 2.21. The lowest BCUT2D eigenvalue weighted by Gasteiger charge is -2.18. The SMILES string of the molecule is CN=C(NCc1ccc(C(N)=O)o1)NC(C)c1ccc(OC)c(F)c1. The van der Waals surface area contributed by atoms with Crippen molar-refractivity contribution in [1.82, 2.24) is 10.6 Å². The highest BCUT2D eigenvalue weighted by Gasteiger charge is 2.12. The summed E-state index contributed by atoms with van der Waals surface area (Å²) in [6.45, 7) is 2.20. The van der Waals surface area contributed by atoms with Crippen molar-refractivity contribution in [3.05, 3.63) is 53.2 Å². The van der Waals surface area contributed by atoms with Gasteiger partial charge in [-0.2, -0.15) is 0 Å². The molecule has 1 aromatic carbocycles. The summed E-state index contributed by atoms with van der Waals surface area (Å²) < 4.78 is 24.0. The quantitative estimate of drug-likeness (QED) is 0.547. The highest BCUT2D eigenvalue weighted by Crippen LogP contribution is 2.21. The van der Waals surface area contributed by atoms with Gasteiger partial charge in [0.1, 0.15) is 5.76 Å². The average molecular weight is 348 g/mol. The van der Waals surface area contributed by atoms with Crippen LogP contribution in [0.15, 0.2) is 39.7 Å². The normalized spacial score (nSPS) is 12.6. The summed E-state index contributed by atoms with van der Waals surface area (Å²) in [4.78, 5) is 15.1. The fraction of sp³-hybridized carbons (Fsp3) is 0.294. The molecular formula is C17H21FN4O3. The first-order valence-electron chi connectivity index (χ1n) is 7.63. The van der Waals surface area contributed by atoms with Gasteiger partial charge in [-0.15, -0.1) is 0 Å². The van der Waals surface area contributed by atoms with E-state index in [0.29, 0.717) is 18.3 Å². The Morgan fingerprint density at radius 2 is 2.16 bits per heavy atom. The van der Waals surface area contributed by atoms with Gasteiger partial charge in [0.05, 0.1) is 19.7 Å². The molecule has 1 aromatic heterocycles. The van der Waals surface area contributed by atoms with Gasteiger partial charge in [-0.3, -0.25) is 9.79 Å². The molecule has 0 aliphatic rings. The number of hydrogen-bond acceptors (Lipinski definition) is 4. The van der Waals surface area contributed by atoms with Crippen LogP contribution in [0.25, 0.3) is 0 Å². The third kappa shape index (κ3) is 4.72. The number of rotatable bonds is 6. The zero-order valence-electron chi connectivity index (χ0n) is 14.3. The van der Waals surface area contributed by atoms with Crippen LogP contribution in [-0.4, -0.2) is 26.0 Å². The molecule has 7 nitrogen and oxygen atoms in total. The Bertz CT molecular complexity index is 773. The monoisotopic (exact) mass is 348 g/mol. The van der Waals surface area contributed by atoms with Crippen molar-refractivity contribution < 1.29 is 18.3 Å². The lowest BCUT2D eigenvalue weighted by Crippen LogP contribution is -2.38. The minimum atomic E-state index is -0.621. The van der Waals surface area contributed by atoms with Crippen LogP contribution in [0, 0.1) is 5.82 Å². The molecule has 1 amide bonds. The van der Waals surface area contributed by atoms with Crippen molar-refractivity contribution in [3.63, 3.8) is 0 Å². The molecule has 0 saturated carbocycles. The number of aliphatic imine (C=N–C) groups is 1. The van der Waals surface area contributed by atoms with E-state index in [-0.39, 0.29) is 17.6 Å². The standard InChI is InChI=1S/C17H21FN4O3/c1-10(11-4-6-14(24-3)13(18)8-11)22-17(20-2)21-9-12-5-7-15(25-12)16(19)23/h4-8,10H,9H2,1-3H3,(H2,19,23)(H2,20,21,22). The van der Waals surface area contributed by atoms with Gasteiger partial charge in [-0.1, -0.05) is 6.07 Å². The Morgan fingerprint density at radius 1 is 1.40 bits per heavy atom. The maximum absolute atomic E-state index is 13.8. The second-order valence-electron chi connectivity index (χ2n) is 5.32. The van der Waals surface area contributed by atoms with Gasteiger partial charge < -0.3 is 25.5 Å². The molecule has 1 heterocycles. The molecule has 4 N–H and O–H groups in total. The Morgan fingerprint density at radius 3 is 2.72 bits per heavy atom. The summed E-state index contributed by atoms with van der Waals surface area (Å²) in [6, 6.07) is 7.74. The molecule has 25 heavy (non-hydrogen) atoms. The second-order valence-corrected chi connectivity index (χ2v) is 5.32. The molecule has 2 rings (SSSR count). The average Bonchev–Trinajstić information content (AvgIpc) is 3.07. The number of nitrogens with one attached hydrogen (secondary N) is 2. The number of carbonyl (C=O) groups is 1. The van der Waals surface area contributed by atoms with Crippen LogP contribution in [0.4, 0.5) is 4.39 Å². The van der Waals surface area contributed by atoms with E-state index in [1.165, 1.54) is 19.2 Å². The van der Waals surface area contributed by atoms with E-state index in [1.54, 1.807) is 25.2 Å². The highest BCUT2D eigenvalue weighted by molar-refractivity contribution is 5.89. The summed E-state index contributed by atoms with van der Waals surface area (Å²) in [5.74, 6) is 0.291. The molecular weight excluding hydrogens is 327 g/mol. The number of furan rings is 1. The van der Waals surface area contributed by atoms with Crippen molar-refractivity contribution in [1.29, 1.82) is 0 Å². The van der Waals surface area contributed by atoms with Gasteiger partial charge in [-0.25, -0.2) is 4.39 Å². The fourth-order valence-corrected chi connectivity index (χ4v) is 2.21. The Labute approximate surface area is 145 Å². The maximum Gasteiger partial charge on any atom is 0.284 e. The van der Waals surface area contributed by atoms with E-state index in [2.05, 4.69) is 15.6 Å². The number of nitrogens with two attached hydrogens (primary N) is 1. The second kappa shape index (κ2) is 8.18. The number of benzene rings is 1. The molecule has 0 bridgehead atoms. The van der Waals surface area contributed by atoms with Crippen LogP contribution in [0.5, 0.6) is 5.75 Å². The summed E-state index contributed by atoms with van der Waals surface area (Å²) in [5, 5.41) is 6.20. The maximum atomic E-state index is 13.8. The van der Waals surface area contributed by atoms with Crippen LogP contribution in [0.2, 0.25) is 0 Å². The minimum absolute atomic E-state index is 0.0989. The van der Waals surface area contributed by atoms with Crippen LogP contribution in [-0.2, 0) is 6.54 Å². The Hall–Kier alpha value is -3.03. The van der Waals surface area contributed by atoms with Gasteiger partial charge in [0.2, 0.25) is 0 Å². The first-order valence-corrected chi connectivity index (χ1v) is 7.63. The third-order valence-corrected chi connectivity index (χ3v) is 3.59. The zero-order valence-corrected chi connectivity index (χ0v) is 14.3.